The molecule has 2 aliphatic rings. The number of likely N-dealkylation sites (tertiary alicyclic amines) is 1. The molecule has 4 heterocycles. The number of benzene rings is 2. The molecule has 0 bridgehead atoms. The van der Waals surface area contributed by atoms with Crippen molar-refractivity contribution < 1.29 is 9.53 Å². The van der Waals surface area contributed by atoms with Crippen molar-refractivity contribution in [2.75, 3.05) is 26.2 Å². The molecule has 0 radical (unpaired) electrons. The molecule has 2 aromatic carbocycles. The Balaban J connectivity index is 0.000000211. The SMILES string of the molecule is [C-]#[N+]C1(CCn2c(=O)cc(C)c3ccc(C)cc32)CCN(C(=O)OC(C)(C)C)CC1.[C-]#[N+]C1(CCn2c(=O)cc(C)c3ccc(C)cc32)CCNCC1. The Morgan fingerprint density at radius 1 is 0.736 bits per heavy atom. The average molecular weight is 719 g/mol. The smallest absolute Gasteiger partial charge is 0.410 e. The number of carbonyl (C=O) groups is 1. The van der Waals surface area contributed by atoms with Crippen LogP contribution in [0.3, 0.4) is 0 Å². The zero-order valence-electron chi connectivity index (χ0n) is 32.5. The van der Waals surface area contributed by atoms with Gasteiger partial charge in [0, 0.05) is 101 Å². The first-order valence-corrected chi connectivity index (χ1v) is 18.8. The topological polar surface area (TPSA) is 94.3 Å². The molecule has 2 aliphatic heterocycles. The molecule has 0 saturated carbocycles. The predicted molar refractivity (Wildman–Crippen MR) is 212 cm³/mol. The third-order valence-electron chi connectivity index (χ3n) is 10.9. The molecule has 280 valence electrons. The minimum Gasteiger partial charge on any atom is -0.444 e. The van der Waals surface area contributed by atoms with Gasteiger partial charge < -0.3 is 33.8 Å². The van der Waals surface area contributed by atoms with Crippen molar-refractivity contribution in [2.45, 2.75) is 117 Å². The van der Waals surface area contributed by atoms with Crippen molar-refractivity contribution in [2.24, 2.45) is 0 Å². The molecule has 10 nitrogen and oxygen atoms in total. The van der Waals surface area contributed by atoms with E-state index in [1.165, 1.54) is 0 Å². The van der Waals surface area contributed by atoms with Gasteiger partial charge in [0.2, 0.25) is 11.1 Å². The van der Waals surface area contributed by atoms with E-state index in [9.17, 15) is 14.4 Å². The van der Waals surface area contributed by atoms with E-state index in [-0.39, 0.29) is 22.8 Å². The third-order valence-corrected chi connectivity index (χ3v) is 10.9. The molecule has 2 fully saturated rings. The van der Waals surface area contributed by atoms with Crippen LogP contribution in [-0.4, -0.2) is 63.0 Å². The van der Waals surface area contributed by atoms with Gasteiger partial charge in [-0.15, -0.1) is 0 Å². The highest BCUT2D eigenvalue weighted by molar-refractivity contribution is 5.83. The fourth-order valence-electron chi connectivity index (χ4n) is 7.58. The van der Waals surface area contributed by atoms with Gasteiger partial charge in [0.05, 0.1) is 11.0 Å². The lowest BCUT2D eigenvalue weighted by atomic mass is 9.85. The highest BCUT2D eigenvalue weighted by atomic mass is 16.6. The maximum absolute atomic E-state index is 12.7. The van der Waals surface area contributed by atoms with Crippen LogP contribution >= 0.6 is 0 Å². The Morgan fingerprint density at radius 2 is 1.17 bits per heavy atom. The van der Waals surface area contributed by atoms with Gasteiger partial charge in [-0.2, -0.15) is 0 Å². The van der Waals surface area contributed by atoms with Gasteiger partial charge in [0.25, 0.3) is 11.1 Å². The first-order valence-electron chi connectivity index (χ1n) is 18.8. The fourth-order valence-corrected chi connectivity index (χ4v) is 7.58. The number of piperidine rings is 2. The summed E-state index contributed by atoms with van der Waals surface area (Å²) >= 11 is 0. The predicted octanol–water partition coefficient (Wildman–Crippen LogP) is 7.75. The molecule has 1 amide bonds. The third kappa shape index (κ3) is 9.18. The molecule has 0 spiro atoms. The normalized spacial score (nSPS) is 16.7. The van der Waals surface area contributed by atoms with Crippen molar-refractivity contribution in [1.29, 1.82) is 0 Å². The quantitative estimate of drug-likeness (QED) is 0.206. The molecule has 10 heteroatoms. The lowest BCUT2D eigenvalue weighted by Crippen LogP contribution is -2.47. The summed E-state index contributed by atoms with van der Waals surface area (Å²) in [7, 11) is 0. The number of aryl methyl sites for hydroxylation is 6. The van der Waals surface area contributed by atoms with Crippen LogP contribution in [0.15, 0.2) is 58.1 Å². The van der Waals surface area contributed by atoms with Gasteiger partial charge >= 0.3 is 6.09 Å². The molecule has 53 heavy (non-hydrogen) atoms. The number of hydrogen-bond acceptors (Lipinski definition) is 5. The van der Waals surface area contributed by atoms with Gasteiger partial charge in [-0.25, -0.2) is 17.9 Å². The summed E-state index contributed by atoms with van der Waals surface area (Å²) < 4.78 is 9.10. The standard InChI is InChI=1S/C24H31N3O3.C19H23N3O/c1-17-7-8-19-18(2)16-21(28)27(20(19)15-17)14-11-24(25-6)9-12-26(13-10-24)22(29)30-23(3,4)5;1-14-4-5-16-15(2)13-18(23)22(17(16)12-14)11-8-19(20-3)6-9-21-10-7-19/h7-8,15-16H,9-14H2,1-5H3;4-5,12-13,21H,6-11H2,1-2H3. The lowest BCUT2D eigenvalue weighted by molar-refractivity contribution is 0.0179. The van der Waals surface area contributed by atoms with Gasteiger partial charge in [-0.05, 0) is 82.9 Å². The highest BCUT2D eigenvalue weighted by Crippen LogP contribution is 2.32. The lowest BCUT2D eigenvalue weighted by Gasteiger charge is -2.35. The molecule has 0 aliphatic carbocycles. The van der Waals surface area contributed by atoms with Gasteiger partial charge in [-0.1, -0.05) is 24.3 Å². The molecule has 0 atom stereocenters. The van der Waals surface area contributed by atoms with Crippen molar-refractivity contribution in [3.8, 4) is 0 Å². The molecule has 1 N–H and O–H groups in total. The molecule has 2 saturated heterocycles. The van der Waals surface area contributed by atoms with E-state index in [4.69, 9.17) is 17.9 Å². The monoisotopic (exact) mass is 718 g/mol. The summed E-state index contributed by atoms with van der Waals surface area (Å²) in [5, 5.41) is 5.51. The number of hydrogen-bond donors (Lipinski definition) is 1. The summed E-state index contributed by atoms with van der Waals surface area (Å²) in [5.74, 6) is 0. The van der Waals surface area contributed by atoms with Gasteiger partial charge in [0.1, 0.15) is 5.60 Å². The first-order chi connectivity index (χ1) is 25.1. The summed E-state index contributed by atoms with van der Waals surface area (Å²) in [5.41, 5.74) is 4.76. The highest BCUT2D eigenvalue weighted by Gasteiger charge is 2.42. The van der Waals surface area contributed by atoms with E-state index in [1.807, 2.05) is 59.1 Å². The molecule has 4 aromatic rings. The molecule has 0 unspecified atom stereocenters. The Kier molecular flexibility index (Phi) is 11.8. The van der Waals surface area contributed by atoms with Crippen molar-refractivity contribution in [3.63, 3.8) is 0 Å². The van der Waals surface area contributed by atoms with Crippen molar-refractivity contribution in [1.82, 2.24) is 19.4 Å². The van der Waals surface area contributed by atoms with Crippen molar-refractivity contribution >= 4 is 27.9 Å². The number of aromatic nitrogens is 2. The number of amides is 1. The minimum absolute atomic E-state index is 0.0306. The van der Waals surface area contributed by atoms with Crippen LogP contribution in [0.4, 0.5) is 4.79 Å². The molecule has 6 rings (SSSR count). The summed E-state index contributed by atoms with van der Waals surface area (Å²) in [6.45, 7) is 32.9. The maximum atomic E-state index is 12.7. The van der Waals surface area contributed by atoms with Crippen LogP contribution in [-0.2, 0) is 17.8 Å². The van der Waals surface area contributed by atoms with E-state index < -0.39 is 11.1 Å². The second-order valence-corrected chi connectivity index (χ2v) is 16.1. The van der Waals surface area contributed by atoms with E-state index in [0.29, 0.717) is 45.4 Å². The second-order valence-electron chi connectivity index (χ2n) is 16.1. The van der Waals surface area contributed by atoms with Crippen LogP contribution in [0, 0.1) is 40.8 Å². The van der Waals surface area contributed by atoms with Crippen molar-refractivity contribution in [3.05, 3.63) is 114 Å². The Bertz CT molecular complexity index is 2180. The minimum atomic E-state index is -0.557. The summed E-state index contributed by atoms with van der Waals surface area (Å²) in [6, 6.07) is 15.8. The zero-order valence-corrected chi connectivity index (χ0v) is 32.5. The molecule has 2 aromatic heterocycles. The number of carbonyl (C=O) groups excluding carboxylic acids is 1. The van der Waals surface area contributed by atoms with E-state index in [0.717, 1.165) is 76.4 Å². The zero-order chi connectivity index (χ0) is 38.6. The Hall–Kier alpha value is -4.93. The summed E-state index contributed by atoms with van der Waals surface area (Å²) in [6.07, 6.45) is 3.93. The average Bonchev–Trinajstić information content (AvgIpc) is 3.11. The molecular weight excluding hydrogens is 665 g/mol. The summed E-state index contributed by atoms with van der Waals surface area (Å²) in [4.78, 5) is 47.1. The fraction of sp³-hybridized carbons (Fsp3) is 0.512. The first kappa shape index (κ1) is 39.3. The van der Waals surface area contributed by atoms with Crippen LogP contribution < -0.4 is 16.4 Å². The number of pyridine rings is 2. The number of fused-ring (bicyclic) bond motifs is 2. The number of ether oxygens (including phenoxy) is 1. The largest absolute Gasteiger partial charge is 0.444 e. The van der Waals surface area contributed by atoms with Gasteiger partial charge in [-0.3, -0.25) is 9.59 Å². The Morgan fingerprint density at radius 3 is 1.58 bits per heavy atom. The number of nitrogens with one attached hydrogen (secondary N) is 1. The number of nitrogens with zero attached hydrogens (tertiary/aromatic N) is 5. The van der Waals surface area contributed by atoms with Crippen LogP contribution in [0.25, 0.3) is 31.5 Å². The van der Waals surface area contributed by atoms with E-state index in [2.05, 4.69) is 45.3 Å². The van der Waals surface area contributed by atoms with E-state index >= 15 is 0 Å². The number of rotatable bonds is 6. The van der Waals surface area contributed by atoms with Gasteiger partial charge in [0.15, 0.2) is 0 Å². The van der Waals surface area contributed by atoms with Crippen LogP contribution in [0.1, 0.15) is 81.5 Å². The molecular formula is C43H54N6O4. The Labute approximate surface area is 313 Å². The van der Waals surface area contributed by atoms with Crippen LogP contribution in [0.2, 0.25) is 0 Å². The second kappa shape index (κ2) is 16.0. The van der Waals surface area contributed by atoms with Crippen LogP contribution in [0.5, 0.6) is 0 Å². The van der Waals surface area contributed by atoms with E-state index in [1.54, 1.807) is 21.6 Å². The maximum Gasteiger partial charge on any atom is 0.410 e.